The van der Waals surface area contributed by atoms with Gasteiger partial charge in [0.2, 0.25) is 0 Å². The monoisotopic (exact) mass is 406 g/mol. The number of hydrogen-bond donors (Lipinski definition) is 0. The Balaban J connectivity index is 2.09. The van der Waals surface area contributed by atoms with E-state index in [4.69, 9.17) is 0 Å². The zero-order valence-electron chi connectivity index (χ0n) is 16.7. The van der Waals surface area contributed by atoms with Gasteiger partial charge < -0.3 is 4.57 Å². The van der Waals surface area contributed by atoms with Crippen LogP contribution < -0.4 is 5.30 Å². The van der Waals surface area contributed by atoms with Crippen LogP contribution in [0.1, 0.15) is 30.6 Å². The molecular weight excluding hydrogens is 379 g/mol. The Kier molecular flexibility index (Phi) is 6.65. The molecule has 0 saturated carbocycles. The zero-order chi connectivity index (χ0) is 20.1. The molecule has 28 heavy (non-hydrogen) atoms. The topological polar surface area (TPSA) is 17.1 Å². The van der Waals surface area contributed by atoms with Crippen molar-refractivity contribution < 1.29 is 4.57 Å². The standard InChI is InChI=1S/C25H27OPS/c1-19(2)27(26,23-13-9-6-10-14-23)25(22-11-7-5-8-12-22)21(4)28-24-17-15-20(3)16-18-24/h5-19,25H,4H2,1-3H3/t25?,27-/m0/s1. The quantitative estimate of drug-likeness (QED) is 0.300. The van der Waals surface area contributed by atoms with E-state index in [9.17, 15) is 4.57 Å². The maximum atomic E-state index is 14.6. The van der Waals surface area contributed by atoms with Crippen molar-refractivity contribution in [2.45, 2.75) is 37.0 Å². The highest BCUT2D eigenvalue weighted by Crippen LogP contribution is 2.66. The lowest BCUT2D eigenvalue weighted by molar-refractivity contribution is 0.570. The minimum Gasteiger partial charge on any atom is -0.317 e. The van der Waals surface area contributed by atoms with Crippen LogP contribution in [-0.4, -0.2) is 5.66 Å². The average molecular weight is 407 g/mol. The summed E-state index contributed by atoms with van der Waals surface area (Å²) in [5.74, 6) is 0. The van der Waals surface area contributed by atoms with E-state index in [0.29, 0.717) is 0 Å². The third kappa shape index (κ3) is 4.35. The molecule has 0 spiro atoms. The SMILES string of the molecule is C=C(Sc1ccc(C)cc1)C(c1ccccc1)[P@@](=O)(c1ccccc1)C(C)C. The molecule has 3 aromatic carbocycles. The summed E-state index contributed by atoms with van der Waals surface area (Å²) in [4.78, 5) is 2.05. The molecule has 0 aromatic heterocycles. The summed E-state index contributed by atoms with van der Waals surface area (Å²) in [7, 11) is -2.80. The van der Waals surface area contributed by atoms with Gasteiger partial charge in [-0.3, -0.25) is 0 Å². The van der Waals surface area contributed by atoms with Gasteiger partial charge in [-0.15, -0.1) is 0 Å². The van der Waals surface area contributed by atoms with Crippen molar-refractivity contribution in [1.82, 2.24) is 0 Å². The van der Waals surface area contributed by atoms with E-state index in [0.717, 1.165) is 20.7 Å². The molecule has 0 saturated heterocycles. The predicted octanol–water partition coefficient (Wildman–Crippen LogP) is 7.44. The summed E-state index contributed by atoms with van der Waals surface area (Å²) >= 11 is 1.63. The molecule has 2 atom stereocenters. The Labute approximate surface area is 173 Å². The minimum absolute atomic E-state index is 0.00970. The first-order valence-electron chi connectivity index (χ1n) is 9.56. The molecule has 0 fully saturated rings. The summed E-state index contributed by atoms with van der Waals surface area (Å²) < 4.78 is 14.6. The lowest BCUT2D eigenvalue weighted by Crippen LogP contribution is -2.19. The molecule has 0 radical (unpaired) electrons. The molecule has 0 heterocycles. The molecule has 0 amide bonds. The molecule has 0 aliphatic heterocycles. The van der Waals surface area contributed by atoms with Crippen molar-refractivity contribution in [1.29, 1.82) is 0 Å². The van der Waals surface area contributed by atoms with E-state index in [1.807, 2.05) is 48.5 Å². The first-order chi connectivity index (χ1) is 13.4. The van der Waals surface area contributed by atoms with Gasteiger partial charge in [-0.05, 0) is 29.5 Å². The Morgan fingerprint density at radius 3 is 1.93 bits per heavy atom. The van der Waals surface area contributed by atoms with Gasteiger partial charge in [-0.25, -0.2) is 0 Å². The fraction of sp³-hybridized carbons (Fsp3) is 0.200. The average Bonchev–Trinajstić information content (AvgIpc) is 2.71. The summed E-state index contributed by atoms with van der Waals surface area (Å²) in [6.45, 7) is 10.6. The van der Waals surface area contributed by atoms with Crippen LogP contribution in [0.25, 0.3) is 0 Å². The van der Waals surface area contributed by atoms with Crippen molar-refractivity contribution in [3.8, 4) is 0 Å². The highest BCUT2D eigenvalue weighted by molar-refractivity contribution is 8.03. The summed E-state index contributed by atoms with van der Waals surface area (Å²) in [5.41, 5.74) is 2.07. The van der Waals surface area contributed by atoms with E-state index in [2.05, 4.69) is 63.7 Å². The second kappa shape index (κ2) is 8.99. The largest absolute Gasteiger partial charge is 0.317 e. The molecule has 0 bridgehead atoms. The number of benzene rings is 3. The molecule has 3 heteroatoms. The van der Waals surface area contributed by atoms with E-state index in [1.54, 1.807) is 11.8 Å². The Morgan fingerprint density at radius 2 is 1.39 bits per heavy atom. The molecule has 0 aliphatic carbocycles. The predicted molar refractivity (Wildman–Crippen MR) is 124 cm³/mol. The van der Waals surface area contributed by atoms with Crippen LogP contribution in [0.15, 0.2) is 101 Å². The van der Waals surface area contributed by atoms with Gasteiger partial charge in [0.15, 0.2) is 0 Å². The smallest absolute Gasteiger partial charge is 0.129 e. The van der Waals surface area contributed by atoms with Crippen LogP contribution >= 0.6 is 18.9 Å². The lowest BCUT2D eigenvalue weighted by Gasteiger charge is -2.33. The van der Waals surface area contributed by atoms with Gasteiger partial charge in [0.05, 0.1) is 5.66 Å². The molecule has 1 nitrogen and oxygen atoms in total. The fourth-order valence-corrected chi connectivity index (χ4v) is 8.10. The zero-order valence-corrected chi connectivity index (χ0v) is 18.4. The van der Waals surface area contributed by atoms with Gasteiger partial charge in [-0.1, -0.05) is 111 Å². The maximum Gasteiger partial charge on any atom is 0.129 e. The summed E-state index contributed by atoms with van der Waals surface area (Å²) in [6, 6.07) is 28.5. The molecule has 3 aromatic rings. The molecule has 3 rings (SSSR count). The second-order valence-corrected chi connectivity index (χ2v) is 12.0. The highest BCUT2D eigenvalue weighted by Gasteiger charge is 2.40. The van der Waals surface area contributed by atoms with Crippen molar-refractivity contribution in [3.63, 3.8) is 0 Å². The highest BCUT2D eigenvalue weighted by atomic mass is 32.2. The second-order valence-electron chi connectivity index (χ2n) is 7.33. The third-order valence-corrected chi connectivity index (χ3v) is 10.2. The molecule has 0 N–H and O–H groups in total. The molecular formula is C25H27OPS. The van der Waals surface area contributed by atoms with Crippen LogP contribution in [0.3, 0.4) is 0 Å². The van der Waals surface area contributed by atoms with Crippen molar-refractivity contribution >= 4 is 24.2 Å². The fourth-order valence-electron chi connectivity index (χ4n) is 3.48. The van der Waals surface area contributed by atoms with Crippen molar-refractivity contribution in [3.05, 3.63) is 108 Å². The third-order valence-electron chi connectivity index (χ3n) is 5.00. The first kappa shape index (κ1) is 20.7. The Morgan fingerprint density at radius 1 is 0.857 bits per heavy atom. The minimum atomic E-state index is -2.80. The van der Waals surface area contributed by atoms with E-state index >= 15 is 0 Å². The molecule has 0 aliphatic rings. The van der Waals surface area contributed by atoms with Gasteiger partial charge >= 0.3 is 0 Å². The number of allylic oxidation sites excluding steroid dienone is 1. The van der Waals surface area contributed by atoms with Crippen LogP contribution in [-0.2, 0) is 4.57 Å². The van der Waals surface area contributed by atoms with Gasteiger partial charge in [0, 0.05) is 15.9 Å². The molecule has 1 unspecified atom stereocenters. The van der Waals surface area contributed by atoms with Crippen LogP contribution in [0.2, 0.25) is 0 Å². The van der Waals surface area contributed by atoms with Gasteiger partial charge in [-0.2, -0.15) is 0 Å². The number of aryl methyl sites for hydroxylation is 1. The van der Waals surface area contributed by atoms with Crippen LogP contribution in [0.5, 0.6) is 0 Å². The van der Waals surface area contributed by atoms with Crippen LogP contribution in [0, 0.1) is 6.92 Å². The van der Waals surface area contributed by atoms with Crippen molar-refractivity contribution in [2.75, 3.05) is 0 Å². The van der Waals surface area contributed by atoms with Crippen LogP contribution in [0.4, 0.5) is 0 Å². The number of hydrogen-bond acceptors (Lipinski definition) is 2. The Bertz CT molecular complexity index is 962. The lowest BCUT2D eigenvalue weighted by atomic mass is 10.1. The Hall–Kier alpha value is -2.02. The van der Waals surface area contributed by atoms with E-state index < -0.39 is 7.14 Å². The van der Waals surface area contributed by atoms with E-state index in [1.165, 1.54) is 5.56 Å². The first-order valence-corrected chi connectivity index (χ1v) is 12.2. The van der Waals surface area contributed by atoms with Gasteiger partial charge in [0.25, 0.3) is 0 Å². The number of thioether (sulfide) groups is 1. The normalized spacial score (nSPS) is 14.4. The van der Waals surface area contributed by atoms with Gasteiger partial charge in [0.1, 0.15) is 7.14 Å². The maximum absolute atomic E-state index is 14.6. The molecule has 144 valence electrons. The van der Waals surface area contributed by atoms with Crippen molar-refractivity contribution in [2.24, 2.45) is 0 Å². The number of rotatable bonds is 7. The summed E-state index contributed by atoms with van der Waals surface area (Å²) in [6.07, 6.45) is 0. The summed E-state index contributed by atoms with van der Waals surface area (Å²) in [5, 5.41) is 0.921. The van der Waals surface area contributed by atoms with E-state index in [-0.39, 0.29) is 11.3 Å².